The van der Waals surface area contributed by atoms with Crippen LogP contribution in [0.25, 0.3) is 17.3 Å². The maximum Gasteiger partial charge on any atom is 0.273 e. The summed E-state index contributed by atoms with van der Waals surface area (Å²) in [5, 5.41) is 19.8. The molecule has 9 heteroatoms. The Balaban J connectivity index is 1.82. The first-order chi connectivity index (χ1) is 16.6. The normalized spacial score (nSPS) is 14.9. The number of benzene rings is 2. The Morgan fingerprint density at radius 3 is 2.65 bits per heavy atom. The van der Waals surface area contributed by atoms with Gasteiger partial charge in [0.15, 0.2) is 5.82 Å². The Morgan fingerprint density at radius 1 is 1.06 bits per heavy atom. The zero-order valence-electron chi connectivity index (χ0n) is 18.0. The van der Waals surface area contributed by atoms with Crippen LogP contribution < -0.4 is 14.8 Å². The summed E-state index contributed by atoms with van der Waals surface area (Å²) >= 11 is 13.5. The molecule has 0 aliphatic carbocycles. The van der Waals surface area contributed by atoms with Gasteiger partial charge >= 0.3 is 0 Å². The number of hydrogen-bond acceptors (Lipinski definition) is 5. The van der Waals surface area contributed by atoms with E-state index in [4.69, 9.17) is 23.2 Å². The van der Waals surface area contributed by atoms with E-state index in [1.165, 1.54) is 11.3 Å². The lowest BCUT2D eigenvalue weighted by Gasteiger charge is -2.07. The number of aromatic nitrogens is 4. The first-order valence-electron chi connectivity index (χ1n) is 10.9. The van der Waals surface area contributed by atoms with Crippen molar-refractivity contribution in [1.82, 2.24) is 19.3 Å². The minimum absolute atomic E-state index is 0.222. The van der Waals surface area contributed by atoms with Crippen molar-refractivity contribution in [2.45, 2.75) is 32.2 Å². The fraction of sp³-hybridized carbons (Fsp3) is 0.200. The van der Waals surface area contributed by atoms with Crippen LogP contribution in [0.2, 0.25) is 10.0 Å². The van der Waals surface area contributed by atoms with Crippen molar-refractivity contribution < 1.29 is 0 Å². The summed E-state index contributed by atoms with van der Waals surface area (Å²) in [6, 6.07) is 16.8. The third kappa shape index (κ3) is 4.21. The van der Waals surface area contributed by atoms with Gasteiger partial charge in [-0.2, -0.15) is 5.26 Å². The number of aryl methyl sites for hydroxylation is 1. The van der Waals surface area contributed by atoms with Crippen LogP contribution in [0.3, 0.4) is 0 Å². The van der Waals surface area contributed by atoms with E-state index in [2.05, 4.69) is 16.3 Å². The van der Waals surface area contributed by atoms with E-state index >= 15 is 0 Å². The van der Waals surface area contributed by atoms with Gasteiger partial charge in [0.1, 0.15) is 22.1 Å². The molecule has 2 aromatic carbocycles. The van der Waals surface area contributed by atoms with Crippen LogP contribution in [-0.4, -0.2) is 19.3 Å². The van der Waals surface area contributed by atoms with Gasteiger partial charge in [-0.25, -0.2) is 0 Å². The molecule has 0 amide bonds. The quantitative estimate of drug-likeness (QED) is 0.418. The van der Waals surface area contributed by atoms with E-state index < -0.39 is 0 Å². The second-order valence-electron chi connectivity index (χ2n) is 7.95. The molecule has 3 heterocycles. The number of halogens is 2. The van der Waals surface area contributed by atoms with Crippen molar-refractivity contribution in [3.05, 3.63) is 95.3 Å². The summed E-state index contributed by atoms with van der Waals surface area (Å²) in [6.07, 6.45) is 5.76. The molecular weight excluding hydrogens is 489 g/mol. The molecule has 5 rings (SSSR count). The SMILES string of the molecule is N#C/C(c1nnc2n1CCCCC2)=c1/s/c(=C\c2ccc(Cl)c(Cl)c2)c(=O)n1-c1ccccc1. The molecule has 0 bridgehead atoms. The highest BCUT2D eigenvalue weighted by Crippen LogP contribution is 2.23. The number of para-hydroxylation sites is 1. The van der Waals surface area contributed by atoms with Crippen LogP contribution >= 0.6 is 34.5 Å². The highest BCUT2D eigenvalue weighted by atomic mass is 35.5. The second kappa shape index (κ2) is 9.59. The lowest BCUT2D eigenvalue weighted by molar-refractivity contribution is 0.627. The summed E-state index contributed by atoms with van der Waals surface area (Å²) in [5.41, 5.74) is 1.53. The number of nitriles is 1. The Bertz CT molecular complexity index is 1590. The first kappa shape index (κ1) is 22.6. The van der Waals surface area contributed by atoms with Crippen LogP contribution in [-0.2, 0) is 13.0 Å². The van der Waals surface area contributed by atoms with Gasteiger partial charge in [0.05, 0.1) is 20.3 Å². The topological polar surface area (TPSA) is 76.5 Å². The van der Waals surface area contributed by atoms with Crippen molar-refractivity contribution in [1.29, 1.82) is 5.26 Å². The van der Waals surface area contributed by atoms with Crippen LogP contribution in [0.1, 0.15) is 36.5 Å². The number of nitrogens with zero attached hydrogens (tertiary/aromatic N) is 5. The number of hydrogen-bond donors (Lipinski definition) is 0. The molecule has 0 saturated heterocycles. The summed E-state index contributed by atoms with van der Waals surface area (Å²) < 4.78 is 4.59. The molecular formula is C25H19Cl2N5OS. The summed E-state index contributed by atoms with van der Waals surface area (Å²) in [7, 11) is 0. The minimum Gasteiger partial charge on any atom is -0.310 e. The van der Waals surface area contributed by atoms with Gasteiger partial charge in [0, 0.05) is 13.0 Å². The number of fused-ring (bicyclic) bond motifs is 1. The molecule has 34 heavy (non-hydrogen) atoms. The average molecular weight is 508 g/mol. The van der Waals surface area contributed by atoms with Gasteiger partial charge in [-0.15, -0.1) is 21.5 Å². The van der Waals surface area contributed by atoms with Crippen LogP contribution in [0.15, 0.2) is 53.3 Å². The summed E-state index contributed by atoms with van der Waals surface area (Å²) in [6.45, 7) is 0.756. The second-order valence-corrected chi connectivity index (χ2v) is 9.80. The van der Waals surface area contributed by atoms with Crippen LogP contribution in [0.5, 0.6) is 0 Å². The fourth-order valence-corrected chi connectivity index (χ4v) is 5.49. The molecule has 2 aromatic heterocycles. The van der Waals surface area contributed by atoms with E-state index in [-0.39, 0.29) is 5.56 Å². The predicted molar refractivity (Wildman–Crippen MR) is 135 cm³/mol. The molecule has 0 atom stereocenters. The molecule has 170 valence electrons. The largest absolute Gasteiger partial charge is 0.310 e. The summed E-state index contributed by atoms with van der Waals surface area (Å²) in [5.74, 6) is 1.39. The molecule has 0 saturated carbocycles. The fourth-order valence-electron chi connectivity index (χ4n) is 4.08. The smallest absolute Gasteiger partial charge is 0.273 e. The predicted octanol–water partition coefficient (Wildman–Crippen LogP) is 4.08. The van der Waals surface area contributed by atoms with Crippen LogP contribution in [0, 0.1) is 11.3 Å². The van der Waals surface area contributed by atoms with E-state index in [1.807, 2.05) is 34.9 Å². The summed E-state index contributed by atoms with van der Waals surface area (Å²) in [4.78, 5) is 13.6. The molecule has 1 aliphatic heterocycles. The molecule has 0 N–H and O–H groups in total. The van der Waals surface area contributed by atoms with Crippen LogP contribution in [0.4, 0.5) is 0 Å². The maximum atomic E-state index is 13.6. The Hall–Kier alpha value is -3.18. The van der Waals surface area contributed by atoms with Gasteiger partial charge in [0.2, 0.25) is 0 Å². The third-order valence-corrected chi connectivity index (χ3v) is 7.57. The van der Waals surface area contributed by atoms with Gasteiger partial charge in [-0.05, 0) is 48.7 Å². The highest BCUT2D eigenvalue weighted by molar-refractivity contribution is 7.07. The van der Waals surface area contributed by atoms with Gasteiger partial charge in [0.25, 0.3) is 5.56 Å². The molecule has 4 aromatic rings. The Morgan fingerprint density at radius 2 is 1.88 bits per heavy atom. The van der Waals surface area contributed by atoms with Gasteiger partial charge in [-0.3, -0.25) is 9.36 Å². The van der Waals surface area contributed by atoms with Crippen molar-refractivity contribution >= 4 is 46.2 Å². The van der Waals surface area contributed by atoms with E-state index in [9.17, 15) is 10.1 Å². The highest BCUT2D eigenvalue weighted by Gasteiger charge is 2.21. The molecule has 1 aliphatic rings. The first-order valence-corrected chi connectivity index (χ1v) is 12.4. The Labute approximate surface area is 209 Å². The monoisotopic (exact) mass is 507 g/mol. The lowest BCUT2D eigenvalue weighted by Crippen LogP contribution is -2.31. The van der Waals surface area contributed by atoms with Gasteiger partial charge < -0.3 is 4.57 Å². The molecule has 6 nitrogen and oxygen atoms in total. The van der Waals surface area contributed by atoms with Crippen molar-refractivity contribution in [2.75, 3.05) is 0 Å². The minimum atomic E-state index is -0.222. The number of rotatable bonds is 3. The standard InChI is InChI=1S/C25H19Cl2N5OS/c26-19-11-10-16(13-20(19)27)14-21-24(33)32(17-7-3-1-4-8-17)25(34-21)18(15-28)23-30-29-22-9-5-2-6-12-31(22)23/h1,3-4,7-8,10-11,13-14H,2,5-6,9,12H2/b21-14-,25-18-. The zero-order valence-corrected chi connectivity index (χ0v) is 20.4. The van der Waals surface area contributed by atoms with E-state index in [1.54, 1.807) is 28.8 Å². The van der Waals surface area contributed by atoms with Crippen molar-refractivity contribution in [3.8, 4) is 11.8 Å². The van der Waals surface area contributed by atoms with E-state index in [0.29, 0.717) is 36.3 Å². The average Bonchev–Trinajstić information content (AvgIpc) is 3.28. The lowest BCUT2D eigenvalue weighted by atomic mass is 10.2. The zero-order chi connectivity index (χ0) is 23.7. The van der Waals surface area contributed by atoms with E-state index in [0.717, 1.165) is 43.6 Å². The molecule has 0 spiro atoms. The Kier molecular flexibility index (Phi) is 6.38. The molecule has 0 unspecified atom stereocenters. The van der Waals surface area contributed by atoms with Crippen molar-refractivity contribution in [3.63, 3.8) is 0 Å². The maximum absolute atomic E-state index is 13.6. The molecule has 0 fully saturated rings. The molecule has 0 radical (unpaired) electrons. The third-order valence-electron chi connectivity index (χ3n) is 5.74. The van der Waals surface area contributed by atoms with Gasteiger partial charge in [-0.1, -0.05) is 53.9 Å². The number of thiazole rings is 1. The van der Waals surface area contributed by atoms with Crippen molar-refractivity contribution in [2.24, 2.45) is 0 Å².